The lowest BCUT2D eigenvalue weighted by Gasteiger charge is -2.21. The number of hydrogen-bond donors (Lipinski definition) is 4. The highest BCUT2D eigenvalue weighted by Crippen LogP contribution is 2.35. The van der Waals surface area contributed by atoms with Crippen LogP contribution in [0.2, 0.25) is 0 Å². The third kappa shape index (κ3) is 11.9. The first kappa shape index (κ1) is 50.1. The van der Waals surface area contributed by atoms with Crippen LogP contribution in [-0.4, -0.2) is 48.6 Å². The molecule has 0 aliphatic carbocycles. The molecule has 4 aromatic heterocycles. The van der Waals surface area contributed by atoms with Crippen molar-refractivity contribution in [3.8, 4) is 23.3 Å². The first-order valence-corrected chi connectivity index (χ1v) is 23.6. The Morgan fingerprint density at radius 3 is 1.38 bits per heavy atom. The molecule has 66 heavy (non-hydrogen) atoms. The van der Waals surface area contributed by atoms with Crippen molar-refractivity contribution in [2.24, 2.45) is 0 Å². The Labute approximate surface area is 385 Å². The Morgan fingerprint density at radius 2 is 1.00 bits per heavy atom. The van der Waals surface area contributed by atoms with Crippen LogP contribution in [0.1, 0.15) is 107 Å². The molecule has 2 amide bonds. The molecule has 16 nitrogen and oxygen atoms in total. The van der Waals surface area contributed by atoms with Crippen LogP contribution in [-0.2, 0) is 30.9 Å². The maximum atomic E-state index is 13.1. The zero-order valence-electron chi connectivity index (χ0n) is 39.0. The second-order valence-electron chi connectivity index (χ2n) is 17.9. The molecule has 0 radical (unpaired) electrons. The molecule has 0 fully saturated rings. The van der Waals surface area contributed by atoms with E-state index < -0.39 is 42.3 Å². The van der Waals surface area contributed by atoms with Gasteiger partial charge in [0.25, 0.3) is 37.4 Å². The maximum Gasteiger partial charge on any atom is 0.270 e. The number of amides is 2. The van der Waals surface area contributed by atoms with Crippen molar-refractivity contribution < 1.29 is 35.9 Å². The Morgan fingerprint density at radius 1 is 0.606 bits per heavy atom. The number of aromatic nitrogens is 4. The highest BCUT2D eigenvalue weighted by molar-refractivity contribution is 7.90. The molecule has 6 aromatic rings. The summed E-state index contributed by atoms with van der Waals surface area (Å²) < 4.78 is 67.1. The number of nitrogen functional groups attached to an aromatic ring is 1. The number of H-pyrrole nitrogens is 1. The molecular formula is C48H55N7O9S2. The lowest BCUT2D eigenvalue weighted by atomic mass is 9.91. The summed E-state index contributed by atoms with van der Waals surface area (Å²) >= 11 is 0. The van der Waals surface area contributed by atoms with Gasteiger partial charge in [-0.05, 0) is 112 Å². The van der Waals surface area contributed by atoms with E-state index in [1.54, 1.807) is 12.1 Å². The van der Waals surface area contributed by atoms with Gasteiger partial charge in [-0.3, -0.25) is 14.4 Å². The van der Waals surface area contributed by atoms with Crippen LogP contribution < -0.4 is 30.2 Å². The fourth-order valence-electron chi connectivity index (χ4n) is 6.78. The molecule has 0 atom stereocenters. The third-order valence-corrected chi connectivity index (χ3v) is 12.7. The van der Waals surface area contributed by atoms with Gasteiger partial charge in [0, 0.05) is 34.6 Å². The van der Waals surface area contributed by atoms with Crippen molar-refractivity contribution in [2.75, 3.05) is 5.73 Å². The molecular weight excluding hydrogens is 883 g/mol. The minimum atomic E-state index is -4.42. The number of aryl methyl sites for hydroxylation is 6. The highest BCUT2D eigenvalue weighted by atomic mass is 32.2. The van der Waals surface area contributed by atoms with Gasteiger partial charge in [0.15, 0.2) is 4.90 Å². The van der Waals surface area contributed by atoms with Crippen LogP contribution >= 0.6 is 0 Å². The number of carbonyl (C=O) groups is 2. The Hall–Kier alpha value is -6.92. The van der Waals surface area contributed by atoms with Crippen molar-refractivity contribution >= 4 is 37.7 Å². The summed E-state index contributed by atoms with van der Waals surface area (Å²) in [7, 11) is -8.67. The fraction of sp³-hybridized carbons (Fsp3) is 0.292. The molecule has 0 saturated heterocycles. The summed E-state index contributed by atoms with van der Waals surface area (Å²) in [6.45, 7) is 23.4. The first-order chi connectivity index (χ1) is 30.6. The van der Waals surface area contributed by atoms with E-state index in [4.69, 9.17) is 15.2 Å². The van der Waals surface area contributed by atoms with Crippen LogP contribution in [0.4, 0.5) is 5.82 Å². The number of benzene rings is 2. The number of rotatable bonds is 10. The van der Waals surface area contributed by atoms with Crippen molar-refractivity contribution in [3.05, 3.63) is 151 Å². The lowest BCUT2D eigenvalue weighted by molar-refractivity contribution is 0.0969. The molecule has 18 heteroatoms. The van der Waals surface area contributed by atoms with Gasteiger partial charge in [-0.15, -0.1) is 0 Å². The van der Waals surface area contributed by atoms with Gasteiger partial charge in [-0.1, -0.05) is 76.9 Å². The van der Waals surface area contributed by atoms with E-state index in [-0.39, 0.29) is 44.4 Å². The van der Waals surface area contributed by atoms with Gasteiger partial charge in [-0.25, -0.2) is 41.2 Å². The average molecular weight is 938 g/mol. The first-order valence-electron chi connectivity index (χ1n) is 20.7. The molecule has 2 aromatic carbocycles. The number of carbonyl (C=O) groups excluding carboxylic acids is 2. The van der Waals surface area contributed by atoms with Crippen LogP contribution in [0.3, 0.4) is 0 Å². The number of ether oxygens (including phenoxy) is 2. The van der Waals surface area contributed by atoms with Gasteiger partial charge in [0.05, 0.1) is 0 Å². The van der Waals surface area contributed by atoms with Crippen LogP contribution in [0.15, 0.2) is 99.8 Å². The number of nitrogens with zero attached hydrogens (tertiary/aromatic N) is 3. The zero-order valence-corrected chi connectivity index (χ0v) is 40.6. The van der Waals surface area contributed by atoms with E-state index in [1.165, 1.54) is 42.7 Å². The molecule has 5 N–H and O–H groups in total. The minimum absolute atomic E-state index is 0.0179. The van der Waals surface area contributed by atoms with E-state index in [0.717, 1.165) is 39.4 Å². The van der Waals surface area contributed by atoms with E-state index in [1.807, 2.05) is 117 Å². The molecule has 0 aliphatic rings. The van der Waals surface area contributed by atoms with E-state index >= 15 is 0 Å². The van der Waals surface area contributed by atoms with Crippen LogP contribution in [0.5, 0.6) is 23.3 Å². The second-order valence-corrected chi connectivity index (χ2v) is 21.2. The molecule has 0 bridgehead atoms. The Kier molecular flexibility index (Phi) is 14.6. The minimum Gasteiger partial charge on any atom is -0.438 e. The monoisotopic (exact) mass is 937 g/mol. The highest BCUT2D eigenvalue weighted by Gasteiger charge is 2.29. The van der Waals surface area contributed by atoms with Gasteiger partial charge in [0.1, 0.15) is 33.3 Å². The van der Waals surface area contributed by atoms with Gasteiger partial charge in [-0.2, -0.15) is 0 Å². The normalized spacial score (nSPS) is 11.8. The standard InChI is InChI=1S/C24H28N4O4S.C24H27N3O5S/c1-14-12-15(2)20(16(3)13-14)32-23-17(9-10-19(27-23)24(4,5)6)22(29)28-33(30,31)18-8-7-11-26-21(18)25;1-14-12-15(2)20(16(3)13-14)32-23-17(9-10-19(26-23)24(4,5)6)21(28)27-33(30,31)18-8-7-11-25-22(18)29/h7-13H,1-6H3,(H2,25,26)(H,28,29);7-13H,1-6H3,(H,25,29)(H,27,28). The van der Waals surface area contributed by atoms with Crippen molar-refractivity contribution in [2.45, 2.75) is 104 Å². The summed E-state index contributed by atoms with van der Waals surface area (Å²) in [5.74, 6) is -0.951. The molecule has 0 unspecified atom stereocenters. The summed E-state index contributed by atoms with van der Waals surface area (Å²) in [5.41, 5.74) is 11.0. The van der Waals surface area contributed by atoms with E-state index in [2.05, 4.69) is 19.9 Å². The topological polar surface area (TPSA) is 242 Å². The number of aromatic amines is 1. The van der Waals surface area contributed by atoms with Crippen LogP contribution in [0.25, 0.3) is 0 Å². The van der Waals surface area contributed by atoms with E-state index in [0.29, 0.717) is 22.9 Å². The quantitative estimate of drug-likeness (QED) is 0.102. The molecule has 348 valence electrons. The number of nitrogens with two attached hydrogens (primary N) is 1. The molecule has 0 saturated carbocycles. The zero-order chi connectivity index (χ0) is 49.1. The summed E-state index contributed by atoms with van der Waals surface area (Å²) in [6, 6.07) is 19.3. The van der Waals surface area contributed by atoms with Crippen molar-refractivity contribution in [1.29, 1.82) is 0 Å². The molecule has 0 spiro atoms. The number of hydrogen-bond acceptors (Lipinski definition) is 13. The number of nitrogens with one attached hydrogen (secondary N) is 3. The van der Waals surface area contributed by atoms with Crippen molar-refractivity contribution in [3.63, 3.8) is 0 Å². The predicted octanol–water partition coefficient (Wildman–Crippen LogP) is 8.10. The lowest BCUT2D eigenvalue weighted by Crippen LogP contribution is -2.34. The fourth-order valence-corrected chi connectivity index (χ4v) is 8.85. The van der Waals surface area contributed by atoms with Gasteiger partial charge >= 0.3 is 0 Å². The third-order valence-electron chi connectivity index (χ3n) is 9.97. The summed E-state index contributed by atoms with van der Waals surface area (Å²) in [5, 5.41) is 0. The number of anilines is 1. The number of pyridine rings is 4. The average Bonchev–Trinajstić information content (AvgIpc) is 3.19. The van der Waals surface area contributed by atoms with Gasteiger partial charge in [0.2, 0.25) is 11.8 Å². The van der Waals surface area contributed by atoms with Crippen LogP contribution in [0, 0.1) is 41.5 Å². The largest absolute Gasteiger partial charge is 0.438 e. The SMILES string of the molecule is Cc1cc(C)c(Oc2nc(C(C)(C)C)ccc2C(=O)NS(=O)(=O)c2ccc[nH]c2=O)c(C)c1.Cc1cc(C)c(Oc2nc(C(C)(C)C)ccc2C(=O)NS(=O)(=O)c2cccnc2N)c(C)c1. The molecule has 0 aliphatic heterocycles. The molecule has 6 rings (SSSR count). The van der Waals surface area contributed by atoms with Gasteiger partial charge < -0.3 is 20.2 Å². The second kappa shape index (κ2) is 19.3. The Balaban J connectivity index is 0.000000247. The summed E-state index contributed by atoms with van der Waals surface area (Å²) in [4.78, 5) is 52.3. The predicted molar refractivity (Wildman–Crippen MR) is 252 cm³/mol. The van der Waals surface area contributed by atoms with Crippen molar-refractivity contribution in [1.82, 2.24) is 29.4 Å². The maximum absolute atomic E-state index is 13.1. The summed E-state index contributed by atoms with van der Waals surface area (Å²) in [6.07, 6.45) is 2.67. The number of sulfonamides is 2. The Bertz CT molecular complexity index is 3090. The molecule has 4 heterocycles. The smallest absolute Gasteiger partial charge is 0.270 e. The van der Waals surface area contributed by atoms with E-state index in [9.17, 15) is 31.2 Å².